The number of benzene rings is 2. The van der Waals surface area contributed by atoms with E-state index in [0.29, 0.717) is 25.4 Å². The number of nitrogens with one attached hydrogen (secondary N) is 1. The molecule has 0 saturated carbocycles. The number of carbonyl (C=O) groups is 4. The van der Waals surface area contributed by atoms with Crippen molar-refractivity contribution in [2.45, 2.75) is 27.6 Å². The molecule has 5 amide bonds. The number of thiazole rings is 1. The third kappa shape index (κ3) is 4.87. The highest BCUT2D eigenvalue weighted by Crippen LogP contribution is 2.53. The first-order chi connectivity index (χ1) is 18.4. The molecular weight excluding hydrogens is 590 g/mol. The standard InChI is InChI=1S/C23H18ClN5O7S3/c24-11-3-1-10(2-4-11)15-16-17(20(32)29(19(16)31)22(25)33)37-21-18(15)38-23(34)28(21)9-14(30)27-12-5-7-13(8-6-12)39(26,35)36/h1-8,15-17H,9H2,(H2,25,33)(H,27,30)(H2,26,35,36)/t15-,16+,17-/m0/s1. The van der Waals surface area contributed by atoms with Crippen LogP contribution in [0.4, 0.5) is 10.5 Å². The highest BCUT2D eigenvalue weighted by molar-refractivity contribution is 8.00. The number of primary sulfonamides is 1. The number of carbonyl (C=O) groups excluding carboxylic acids is 4. The van der Waals surface area contributed by atoms with Crippen LogP contribution in [-0.2, 0) is 31.0 Å². The van der Waals surface area contributed by atoms with E-state index in [1.807, 2.05) is 0 Å². The zero-order valence-corrected chi connectivity index (χ0v) is 22.8. The van der Waals surface area contributed by atoms with Crippen LogP contribution in [0, 0.1) is 5.92 Å². The summed E-state index contributed by atoms with van der Waals surface area (Å²) in [6.07, 6.45) is 0. The SMILES string of the molecule is NC(=O)N1C(=O)[C@@H]2[C@H](c3ccc(Cl)cc3)c3sc(=O)n(CC(=O)Nc4ccc(S(N)(=O)=O)cc4)c3S[C@@H]2C1=O. The van der Waals surface area contributed by atoms with Crippen molar-refractivity contribution in [3.63, 3.8) is 0 Å². The molecule has 16 heteroatoms. The molecule has 202 valence electrons. The number of hydrogen-bond acceptors (Lipinski definition) is 9. The van der Waals surface area contributed by atoms with Crippen molar-refractivity contribution in [3.8, 4) is 0 Å². The molecule has 0 unspecified atom stereocenters. The third-order valence-corrected chi connectivity index (χ3v) is 10.1. The average molecular weight is 608 g/mol. The van der Waals surface area contributed by atoms with E-state index in [2.05, 4.69) is 5.32 Å². The number of likely N-dealkylation sites (tertiary alicyclic amines) is 1. The number of anilines is 1. The number of sulfonamides is 1. The molecule has 12 nitrogen and oxygen atoms in total. The first kappa shape index (κ1) is 27.1. The van der Waals surface area contributed by atoms with Gasteiger partial charge in [0.05, 0.1) is 15.8 Å². The van der Waals surface area contributed by atoms with Gasteiger partial charge in [-0.2, -0.15) is 4.90 Å². The summed E-state index contributed by atoms with van der Waals surface area (Å²) in [7, 11) is -3.91. The van der Waals surface area contributed by atoms with Gasteiger partial charge in [0.15, 0.2) is 0 Å². The zero-order valence-electron chi connectivity index (χ0n) is 19.6. The number of rotatable bonds is 5. The maximum atomic E-state index is 13.2. The van der Waals surface area contributed by atoms with E-state index in [0.717, 1.165) is 23.1 Å². The number of hydrogen-bond donors (Lipinski definition) is 3. The van der Waals surface area contributed by atoms with Crippen LogP contribution in [-0.4, -0.2) is 46.9 Å². The first-order valence-electron chi connectivity index (χ1n) is 11.1. The van der Waals surface area contributed by atoms with E-state index in [9.17, 15) is 32.4 Å². The van der Waals surface area contributed by atoms with Gasteiger partial charge in [-0.3, -0.25) is 23.7 Å². The van der Waals surface area contributed by atoms with Gasteiger partial charge in [0.2, 0.25) is 21.8 Å². The number of fused-ring (bicyclic) bond motifs is 2. The molecule has 1 fully saturated rings. The van der Waals surface area contributed by atoms with E-state index in [1.165, 1.54) is 28.8 Å². The van der Waals surface area contributed by atoms with E-state index in [4.69, 9.17) is 22.5 Å². The predicted octanol–water partition coefficient (Wildman–Crippen LogP) is 1.52. The van der Waals surface area contributed by atoms with E-state index in [-0.39, 0.29) is 10.6 Å². The smallest absolute Gasteiger partial charge is 0.328 e. The van der Waals surface area contributed by atoms with Gasteiger partial charge >= 0.3 is 10.9 Å². The Balaban J connectivity index is 1.51. The average Bonchev–Trinajstić information content (AvgIpc) is 3.30. The summed E-state index contributed by atoms with van der Waals surface area (Å²) >= 11 is 7.80. The molecule has 0 spiro atoms. The third-order valence-electron chi connectivity index (χ3n) is 6.27. The molecule has 2 aliphatic rings. The maximum absolute atomic E-state index is 13.2. The lowest BCUT2D eigenvalue weighted by molar-refractivity contribution is -0.135. The molecule has 5 N–H and O–H groups in total. The van der Waals surface area contributed by atoms with E-state index < -0.39 is 62.3 Å². The second kappa shape index (κ2) is 9.91. The van der Waals surface area contributed by atoms with Crippen molar-refractivity contribution >= 4 is 74.2 Å². The topological polar surface area (TPSA) is 192 Å². The van der Waals surface area contributed by atoms with Crippen LogP contribution in [0.25, 0.3) is 0 Å². The lowest BCUT2D eigenvalue weighted by Gasteiger charge is -2.30. The Morgan fingerprint density at radius 3 is 2.23 bits per heavy atom. The number of nitrogens with zero attached hydrogens (tertiary/aromatic N) is 2. The number of aromatic nitrogens is 1. The highest BCUT2D eigenvalue weighted by Gasteiger charge is 2.57. The van der Waals surface area contributed by atoms with Gasteiger partial charge in [-0.1, -0.05) is 46.8 Å². The van der Waals surface area contributed by atoms with Gasteiger partial charge in [-0.05, 0) is 42.0 Å². The summed E-state index contributed by atoms with van der Waals surface area (Å²) in [6.45, 7) is -0.430. The first-order valence-corrected chi connectivity index (χ1v) is 14.7. The van der Waals surface area contributed by atoms with Crippen LogP contribution in [0.5, 0.6) is 0 Å². The van der Waals surface area contributed by atoms with Gasteiger partial charge in [-0.25, -0.2) is 18.4 Å². The molecule has 0 bridgehead atoms. The Morgan fingerprint density at radius 1 is 1.00 bits per heavy atom. The summed E-state index contributed by atoms with van der Waals surface area (Å²) in [5.74, 6) is -3.92. The van der Waals surface area contributed by atoms with Crippen LogP contribution in [0.1, 0.15) is 16.4 Å². The fourth-order valence-corrected chi connectivity index (χ4v) is 7.99. The fourth-order valence-electron chi connectivity index (χ4n) is 4.57. The molecule has 5 rings (SSSR count). The Kier molecular flexibility index (Phi) is 6.88. The quantitative estimate of drug-likeness (QED) is 0.363. The normalized spacial score (nSPS) is 20.5. The molecule has 3 heterocycles. The predicted molar refractivity (Wildman–Crippen MR) is 143 cm³/mol. The summed E-state index contributed by atoms with van der Waals surface area (Å²) in [5, 5.41) is 7.38. The minimum Gasteiger partial charge on any atom is -0.351 e. The monoisotopic (exact) mass is 607 g/mol. The molecule has 2 aliphatic heterocycles. The van der Waals surface area contributed by atoms with Crippen molar-refractivity contribution in [1.29, 1.82) is 0 Å². The second-order valence-electron chi connectivity index (χ2n) is 8.68. The van der Waals surface area contributed by atoms with Crippen LogP contribution in [0.15, 0.2) is 63.2 Å². The molecule has 39 heavy (non-hydrogen) atoms. The van der Waals surface area contributed by atoms with Crippen molar-refractivity contribution in [1.82, 2.24) is 9.47 Å². The number of urea groups is 1. The van der Waals surface area contributed by atoms with E-state index in [1.54, 1.807) is 24.3 Å². The highest BCUT2D eigenvalue weighted by atomic mass is 35.5. The maximum Gasteiger partial charge on any atom is 0.328 e. The van der Waals surface area contributed by atoms with Crippen molar-refractivity contribution < 1.29 is 27.6 Å². The Labute approximate surface area is 234 Å². The summed E-state index contributed by atoms with van der Waals surface area (Å²) in [5.41, 5.74) is 6.18. The number of imide groups is 3. The zero-order chi connectivity index (χ0) is 28.2. The van der Waals surface area contributed by atoms with Gasteiger partial charge in [0, 0.05) is 21.5 Å². The second-order valence-corrected chi connectivity index (χ2v) is 12.8. The molecule has 2 aromatic carbocycles. The molecular formula is C23H18ClN5O7S3. The van der Waals surface area contributed by atoms with Crippen LogP contribution >= 0.6 is 34.7 Å². The number of halogens is 1. The molecule has 1 aromatic heterocycles. The summed E-state index contributed by atoms with van der Waals surface area (Å²) in [6, 6.07) is 10.5. The Morgan fingerprint density at radius 2 is 1.64 bits per heavy atom. The summed E-state index contributed by atoms with van der Waals surface area (Å²) in [4.78, 5) is 64.3. The fraction of sp³-hybridized carbons (Fsp3) is 0.174. The van der Waals surface area contributed by atoms with Crippen LogP contribution in [0.2, 0.25) is 5.02 Å². The van der Waals surface area contributed by atoms with Gasteiger partial charge in [0.1, 0.15) is 11.8 Å². The minimum absolute atomic E-state index is 0.136. The molecule has 3 atom stereocenters. The minimum atomic E-state index is -3.91. The Bertz CT molecular complexity index is 1700. The van der Waals surface area contributed by atoms with E-state index >= 15 is 0 Å². The molecule has 0 radical (unpaired) electrons. The number of primary amides is 1. The molecule has 0 aliphatic carbocycles. The molecule has 1 saturated heterocycles. The van der Waals surface area contributed by atoms with Gasteiger partial charge in [-0.15, -0.1) is 0 Å². The van der Waals surface area contributed by atoms with Crippen LogP contribution < -0.4 is 21.1 Å². The summed E-state index contributed by atoms with van der Waals surface area (Å²) < 4.78 is 24.1. The van der Waals surface area contributed by atoms with Crippen LogP contribution in [0.3, 0.4) is 0 Å². The lowest BCUT2D eigenvalue weighted by Crippen LogP contribution is -2.41. The molecule has 3 aromatic rings. The Hall–Kier alpha value is -3.50. The largest absolute Gasteiger partial charge is 0.351 e. The van der Waals surface area contributed by atoms with Gasteiger partial charge in [0.25, 0.3) is 5.91 Å². The lowest BCUT2D eigenvalue weighted by atomic mass is 9.83. The number of thioether (sulfide) groups is 1. The number of nitrogens with two attached hydrogens (primary N) is 2. The van der Waals surface area contributed by atoms with Crippen molar-refractivity contribution in [3.05, 3.63) is 73.7 Å². The van der Waals surface area contributed by atoms with Crippen molar-refractivity contribution in [2.24, 2.45) is 16.8 Å². The number of amides is 5. The van der Waals surface area contributed by atoms with Crippen molar-refractivity contribution in [2.75, 3.05) is 5.32 Å². The van der Waals surface area contributed by atoms with Gasteiger partial charge < -0.3 is 11.1 Å².